The zero-order valence-electron chi connectivity index (χ0n) is 18.2. The fourth-order valence-electron chi connectivity index (χ4n) is 5.02. The first kappa shape index (κ1) is 22.6. The van der Waals surface area contributed by atoms with Crippen molar-refractivity contribution >= 4 is 52.3 Å². The average molecular weight is 493 g/mol. The number of carbonyl (C=O) groups excluding carboxylic acids is 3. The first-order chi connectivity index (χ1) is 16.4. The molecule has 5 nitrogen and oxygen atoms in total. The number of anilines is 2. The van der Waals surface area contributed by atoms with Crippen LogP contribution >= 0.6 is 23.2 Å². The van der Waals surface area contributed by atoms with Crippen LogP contribution in [0.3, 0.4) is 0 Å². The lowest BCUT2D eigenvalue weighted by Gasteiger charge is -2.28. The van der Waals surface area contributed by atoms with Crippen LogP contribution in [0.1, 0.15) is 41.1 Å². The topological polar surface area (TPSA) is 66.5 Å². The second-order valence-electron chi connectivity index (χ2n) is 8.75. The van der Waals surface area contributed by atoms with Gasteiger partial charge in [-0.15, -0.1) is 0 Å². The number of carbonyl (C=O) groups is 3. The molecule has 3 aromatic rings. The van der Waals surface area contributed by atoms with Gasteiger partial charge in [-0.25, -0.2) is 0 Å². The van der Waals surface area contributed by atoms with Crippen molar-refractivity contribution in [2.75, 3.05) is 10.2 Å². The van der Waals surface area contributed by atoms with E-state index in [4.69, 9.17) is 23.2 Å². The molecule has 0 aromatic heterocycles. The molecule has 1 saturated carbocycles. The summed E-state index contributed by atoms with van der Waals surface area (Å²) in [4.78, 5) is 40.3. The van der Waals surface area contributed by atoms with Gasteiger partial charge in [-0.1, -0.05) is 59.6 Å². The minimum Gasteiger partial charge on any atom is -0.321 e. The Morgan fingerprint density at radius 2 is 1.53 bits per heavy atom. The Morgan fingerprint density at radius 1 is 0.824 bits per heavy atom. The molecule has 172 valence electrons. The number of amides is 3. The molecule has 1 aliphatic heterocycles. The molecule has 2 fully saturated rings. The normalized spacial score (nSPS) is 21.9. The van der Waals surface area contributed by atoms with E-state index in [0.29, 0.717) is 34.8 Å². The molecule has 0 bridgehead atoms. The van der Waals surface area contributed by atoms with Crippen LogP contribution in [0.4, 0.5) is 11.4 Å². The number of hydrogen-bond donors (Lipinski definition) is 1. The number of nitrogens with one attached hydrogen (secondary N) is 1. The molecule has 1 saturated heterocycles. The predicted molar refractivity (Wildman–Crippen MR) is 133 cm³/mol. The Bertz CT molecular complexity index is 1260. The Hall–Kier alpha value is -3.15. The van der Waals surface area contributed by atoms with Crippen molar-refractivity contribution in [3.05, 3.63) is 94.0 Å². The van der Waals surface area contributed by atoms with E-state index < -0.39 is 0 Å². The van der Waals surface area contributed by atoms with Gasteiger partial charge in [0.1, 0.15) is 0 Å². The first-order valence-corrected chi connectivity index (χ1v) is 12.0. The second-order valence-corrected chi connectivity index (χ2v) is 9.53. The van der Waals surface area contributed by atoms with Crippen molar-refractivity contribution < 1.29 is 14.4 Å². The summed E-state index contributed by atoms with van der Waals surface area (Å²) in [5, 5.41) is 3.34. The summed E-state index contributed by atoms with van der Waals surface area (Å²) >= 11 is 12.2. The highest BCUT2D eigenvalue weighted by Gasteiger charge is 2.50. The zero-order chi connectivity index (χ0) is 23.8. The van der Waals surface area contributed by atoms with Crippen molar-refractivity contribution in [1.82, 2.24) is 0 Å². The fourth-order valence-corrected chi connectivity index (χ4v) is 5.37. The van der Waals surface area contributed by atoms with Crippen molar-refractivity contribution in [2.45, 2.75) is 25.2 Å². The minimum atomic E-state index is -0.367. The lowest BCUT2D eigenvalue weighted by atomic mass is 9.73. The quantitative estimate of drug-likeness (QED) is 0.433. The van der Waals surface area contributed by atoms with Crippen LogP contribution in [0.2, 0.25) is 10.0 Å². The van der Waals surface area contributed by atoms with E-state index in [1.165, 1.54) is 10.5 Å². The number of hydrogen-bond acceptors (Lipinski definition) is 3. The highest BCUT2D eigenvalue weighted by Crippen LogP contribution is 2.45. The molecule has 1 aliphatic carbocycles. The van der Waals surface area contributed by atoms with E-state index in [0.717, 1.165) is 6.42 Å². The van der Waals surface area contributed by atoms with Crippen molar-refractivity contribution in [3.63, 3.8) is 0 Å². The number of halogens is 2. The molecule has 1 N–H and O–H groups in total. The first-order valence-electron chi connectivity index (χ1n) is 11.2. The fraction of sp³-hybridized carbons (Fsp3) is 0.222. The third-order valence-corrected chi connectivity index (χ3v) is 7.60. The standard InChI is InChI=1S/C27H22Cl2N2O3/c28-22-7-4-8-23(24(22)29)30-25(32)17-9-12-19(13-10-17)31-26(33)20-14-11-18(15-21(20)27(31)34)16-5-2-1-3-6-16/h1-10,12-13,18,20-21H,11,14-15H2,(H,30,32)/t18-,20-,21+/m0/s1. The van der Waals surface area contributed by atoms with Crippen LogP contribution in [-0.2, 0) is 9.59 Å². The van der Waals surface area contributed by atoms with E-state index in [1.54, 1.807) is 42.5 Å². The maximum atomic E-state index is 13.3. The van der Waals surface area contributed by atoms with Crippen LogP contribution in [-0.4, -0.2) is 17.7 Å². The molecular weight excluding hydrogens is 471 g/mol. The van der Waals surface area contributed by atoms with Gasteiger partial charge in [0.25, 0.3) is 5.91 Å². The third kappa shape index (κ3) is 4.10. The van der Waals surface area contributed by atoms with Gasteiger partial charge in [-0.05, 0) is 67.1 Å². The van der Waals surface area contributed by atoms with Gasteiger partial charge in [0.15, 0.2) is 0 Å². The number of imide groups is 1. The highest BCUT2D eigenvalue weighted by molar-refractivity contribution is 6.44. The summed E-state index contributed by atoms with van der Waals surface area (Å²) in [6.45, 7) is 0. The van der Waals surface area contributed by atoms with Gasteiger partial charge < -0.3 is 5.32 Å². The molecule has 3 atom stereocenters. The molecule has 7 heteroatoms. The maximum Gasteiger partial charge on any atom is 0.255 e. The Kier molecular flexibility index (Phi) is 6.15. The SMILES string of the molecule is O=C(Nc1cccc(Cl)c1Cl)c1ccc(N2C(=O)[C@H]3CC[C@H](c4ccccc4)C[C@H]3C2=O)cc1. The number of fused-ring (bicyclic) bond motifs is 1. The lowest BCUT2D eigenvalue weighted by Crippen LogP contribution is -2.30. The van der Waals surface area contributed by atoms with E-state index >= 15 is 0 Å². The van der Waals surface area contributed by atoms with Crippen LogP contribution in [0.5, 0.6) is 0 Å². The van der Waals surface area contributed by atoms with Crippen LogP contribution < -0.4 is 10.2 Å². The summed E-state index contributed by atoms with van der Waals surface area (Å²) < 4.78 is 0. The van der Waals surface area contributed by atoms with Gasteiger partial charge in [-0.3, -0.25) is 19.3 Å². The van der Waals surface area contributed by atoms with E-state index in [1.807, 2.05) is 18.2 Å². The second kappa shape index (κ2) is 9.24. The number of benzene rings is 3. The van der Waals surface area contributed by atoms with E-state index in [-0.39, 0.29) is 40.5 Å². The van der Waals surface area contributed by atoms with Crippen molar-refractivity contribution in [1.29, 1.82) is 0 Å². The summed E-state index contributed by atoms with van der Waals surface area (Å²) in [6.07, 6.45) is 2.27. The molecule has 0 spiro atoms. The molecule has 3 aromatic carbocycles. The van der Waals surface area contributed by atoms with Gasteiger partial charge in [0.05, 0.1) is 33.3 Å². The molecule has 1 heterocycles. The van der Waals surface area contributed by atoms with E-state index in [9.17, 15) is 14.4 Å². The van der Waals surface area contributed by atoms with Crippen LogP contribution in [0.15, 0.2) is 72.8 Å². The maximum absolute atomic E-state index is 13.3. The number of nitrogens with zero attached hydrogens (tertiary/aromatic N) is 1. The third-order valence-electron chi connectivity index (χ3n) is 6.78. The largest absolute Gasteiger partial charge is 0.321 e. The summed E-state index contributed by atoms with van der Waals surface area (Å²) in [6, 6.07) is 21.6. The molecule has 5 rings (SSSR count). The molecule has 3 amide bonds. The van der Waals surface area contributed by atoms with Gasteiger partial charge >= 0.3 is 0 Å². The molecule has 0 radical (unpaired) electrons. The lowest BCUT2D eigenvalue weighted by molar-refractivity contribution is -0.122. The zero-order valence-corrected chi connectivity index (χ0v) is 19.7. The van der Waals surface area contributed by atoms with Gasteiger partial charge in [-0.2, -0.15) is 0 Å². The van der Waals surface area contributed by atoms with Gasteiger partial charge in [0, 0.05) is 5.56 Å². The Morgan fingerprint density at radius 3 is 2.26 bits per heavy atom. The monoisotopic (exact) mass is 492 g/mol. The smallest absolute Gasteiger partial charge is 0.255 e. The average Bonchev–Trinajstić information content (AvgIpc) is 3.12. The summed E-state index contributed by atoms with van der Waals surface area (Å²) in [5.74, 6) is -0.972. The van der Waals surface area contributed by atoms with Crippen molar-refractivity contribution in [3.8, 4) is 0 Å². The van der Waals surface area contributed by atoms with Crippen LogP contribution in [0, 0.1) is 11.8 Å². The Balaban J connectivity index is 1.31. The highest BCUT2D eigenvalue weighted by atomic mass is 35.5. The predicted octanol–water partition coefficient (Wildman–Crippen LogP) is 6.32. The summed E-state index contributed by atoms with van der Waals surface area (Å²) in [5.41, 5.74) is 2.48. The minimum absolute atomic E-state index is 0.149. The van der Waals surface area contributed by atoms with Crippen LogP contribution in [0.25, 0.3) is 0 Å². The molecule has 0 unspecified atom stereocenters. The van der Waals surface area contributed by atoms with E-state index in [2.05, 4.69) is 17.4 Å². The molecule has 34 heavy (non-hydrogen) atoms. The number of rotatable bonds is 4. The molecule has 2 aliphatic rings. The van der Waals surface area contributed by atoms with Gasteiger partial charge in [0.2, 0.25) is 11.8 Å². The Labute approximate surface area is 207 Å². The van der Waals surface area contributed by atoms with Crippen molar-refractivity contribution in [2.24, 2.45) is 11.8 Å². The summed E-state index contributed by atoms with van der Waals surface area (Å²) in [7, 11) is 0. The molecular formula is C27H22Cl2N2O3.